The van der Waals surface area contributed by atoms with E-state index in [0.717, 1.165) is 5.56 Å². The smallest absolute Gasteiger partial charge is 0.243 e. The van der Waals surface area contributed by atoms with Crippen molar-refractivity contribution in [3.63, 3.8) is 0 Å². The summed E-state index contributed by atoms with van der Waals surface area (Å²) in [5.74, 6) is 1.03. The number of sulfonamides is 1. The van der Waals surface area contributed by atoms with Crippen LogP contribution in [0.4, 0.5) is 5.69 Å². The van der Waals surface area contributed by atoms with Crippen LogP contribution in [0.3, 0.4) is 0 Å². The molecule has 0 unspecified atom stereocenters. The molecule has 2 aromatic carbocycles. The summed E-state index contributed by atoms with van der Waals surface area (Å²) in [5.41, 5.74) is 2.52. The minimum atomic E-state index is -3.61. The lowest BCUT2D eigenvalue weighted by atomic mass is 10.0. The molecule has 2 heterocycles. The van der Waals surface area contributed by atoms with Gasteiger partial charge in [-0.2, -0.15) is 9.29 Å². The van der Waals surface area contributed by atoms with Crippen molar-refractivity contribution in [3.05, 3.63) is 60.0 Å². The summed E-state index contributed by atoms with van der Waals surface area (Å²) in [6, 6.07) is 14.4. The molecule has 1 fully saturated rings. The number of carbonyl (C=O) groups excluding carboxylic acids is 1. The molecule has 0 atom stereocenters. The molecule has 10 heteroatoms. The van der Waals surface area contributed by atoms with Crippen LogP contribution < -0.4 is 5.32 Å². The lowest BCUT2D eigenvalue weighted by molar-refractivity contribution is -0.116. The number of amides is 1. The van der Waals surface area contributed by atoms with Crippen LogP contribution in [-0.4, -0.2) is 66.9 Å². The Morgan fingerprint density at radius 3 is 2.49 bits per heavy atom. The molecule has 1 amide bonds. The van der Waals surface area contributed by atoms with Crippen LogP contribution in [-0.2, 0) is 21.2 Å². The second kappa shape index (κ2) is 10.7. The topological polar surface area (TPSA) is 109 Å². The molecule has 0 aliphatic carbocycles. The molecular formula is C25H31N5O4S. The highest BCUT2D eigenvalue weighted by Crippen LogP contribution is 2.22. The third-order valence-electron chi connectivity index (χ3n) is 6.09. The molecule has 1 N–H and O–H groups in total. The van der Waals surface area contributed by atoms with Gasteiger partial charge in [-0.05, 0) is 36.7 Å². The lowest BCUT2D eigenvalue weighted by Crippen LogP contribution is -2.47. The molecule has 0 radical (unpaired) electrons. The zero-order chi connectivity index (χ0) is 25.0. The summed E-state index contributed by atoms with van der Waals surface area (Å²) < 4.78 is 32.8. The minimum Gasteiger partial charge on any atom is -0.339 e. The van der Waals surface area contributed by atoms with E-state index in [1.54, 1.807) is 18.2 Å². The quantitative estimate of drug-likeness (QED) is 0.508. The molecule has 1 aliphatic heterocycles. The molecule has 4 rings (SSSR count). The summed E-state index contributed by atoms with van der Waals surface area (Å²) in [6.45, 7) is 6.55. The number of benzene rings is 2. The maximum absolute atomic E-state index is 13.0. The van der Waals surface area contributed by atoms with Crippen LogP contribution in [0.15, 0.2) is 57.9 Å². The summed E-state index contributed by atoms with van der Waals surface area (Å²) in [4.78, 5) is 19.2. The fourth-order valence-corrected chi connectivity index (χ4v) is 5.32. The average Bonchev–Trinajstić information content (AvgIpc) is 3.32. The van der Waals surface area contributed by atoms with Gasteiger partial charge in [0.1, 0.15) is 0 Å². The van der Waals surface area contributed by atoms with Crippen LogP contribution in [0.2, 0.25) is 0 Å². The maximum Gasteiger partial charge on any atom is 0.243 e. The second-order valence-corrected chi connectivity index (χ2v) is 11.0. The van der Waals surface area contributed by atoms with Crippen molar-refractivity contribution in [2.24, 2.45) is 0 Å². The van der Waals surface area contributed by atoms with E-state index in [9.17, 15) is 13.2 Å². The maximum atomic E-state index is 13.0. The first kappa shape index (κ1) is 25.0. The normalized spacial score (nSPS) is 15.4. The fourth-order valence-electron chi connectivity index (χ4n) is 3.85. The Bertz CT molecular complexity index is 1260. The van der Waals surface area contributed by atoms with E-state index in [4.69, 9.17) is 4.52 Å². The molecule has 35 heavy (non-hydrogen) atoms. The van der Waals surface area contributed by atoms with Gasteiger partial charge in [0.05, 0.1) is 4.90 Å². The van der Waals surface area contributed by atoms with Gasteiger partial charge in [0.25, 0.3) is 0 Å². The summed E-state index contributed by atoms with van der Waals surface area (Å²) in [5, 5.41) is 6.79. The highest BCUT2D eigenvalue weighted by Gasteiger charge is 2.27. The van der Waals surface area contributed by atoms with E-state index in [-0.39, 0.29) is 23.6 Å². The second-order valence-electron chi connectivity index (χ2n) is 9.07. The van der Waals surface area contributed by atoms with Gasteiger partial charge in [-0.1, -0.05) is 49.3 Å². The van der Waals surface area contributed by atoms with E-state index in [1.807, 2.05) is 31.3 Å². The van der Waals surface area contributed by atoms with Crippen molar-refractivity contribution in [2.75, 3.05) is 38.5 Å². The number of likely N-dealkylation sites (N-methyl/N-ethyl adjacent to an activating group) is 1. The van der Waals surface area contributed by atoms with Crippen molar-refractivity contribution in [2.45, 2.75) is 37.5 Å². The first-order chi connectivity index (χ1) is 16.7. The van der Waals surface area contributed by atoms with E-state index in [0.29, 0.717) is 49.5 Å². The van der Waals surface area contributed by atoms with Gasteiger partial charge in [-0.15, -0.1) is 0 Å². The molecule has 1 aromatic heterocycles. The van der Waals surface area contributed by atoms with Gasteiger partial charge < -0.3 is 14.7 Å². The lowest BCUT2D eigenvalue weighted by Gasteiger charge is -2.31. The number of nitrogens with zero attached hydrogens (tertiary/aromatic N) is 4. The van der Waals surface area contributed by atoms with E-state index in [2.05, 4.69) is 34.2 Å². The zero-order valence-electron chi connectivity index (χ0n) is 20.3. The van der Waals surface area contributed by atoms with Gasteiger partial charge >= 0.3 is 0 Å². The van der Waals surface area contributed by atoms with Gasteiger partial charge in [0.2, 0.25) is 27.6 Å². The monoisotopic (exact) mass is 497 g/mol. The average molecular weight is 498 g/mol. The van der Waals surface area contributed by atoms with Gasteiger partial charge in [0, 0.05) is 50.3 Å². The predicted octanol–water partition coefficient (Wildman–Crippen LogP) is 3.37. The molecule has 9 nitrogen and oxygen atoms in total. The molecule has 0 bridgehead atoms. The van der Waals surface area contributed by atoms with Crippen molar-refractivity contribution < 1.29 is 17.7 Å². The highest BCUT2D eigenvalue weighted by atomic mass is 32.2. The molecule has 1 aliphatic rings. The van der Waals surface area contributed by atoms with Crippen LogP contribution >= 0.6 is 0 Å². The fraction of sp³-hybridized carbons (Fsp3) is 0.400. The summed E-state index contributed by atoms with van der Waals surface area (Å²) in [6.07, 6.45) is 0.408. The van der Waals surface area contributed by atoms with Crippen LogP contribution in [0.1, 0.15) is 37.6 Å². The number of carbonyl (C=O) groups is 1. The van der Waals surface area contributed by atoms with E-state index < -0.39 is 10.0 Å². The van der Waals surface area contributed by atoms with Crippen molar-refractivity contribution >= 4 is 21.6 Å². The summed E-state index contributed by atoms with van der Waals surface area (Å²) >= 11 is 0. The first-order valence-corrected chi connectivity index (χ1v) is 13.2. The molecule has 186 valence electrons. The molecule has 3 aromatic rings. The Morgan fingerprint density at radius 2 is 1.80 bits per heavy atom. The minimum absolute atomic E-state index is 0.128. The van der Waals surface area contributed by atoms with Gasteiger partial charge in [-0.25, -0.2) is 8.42 Å². The Labute approximate surface area is 206 Å². The number of piperazine rings is 1. The molecular weight excluding hydrogens is 466 g/mol. The third-order valence-corrected chi connectivity index (χ3v) is 7.98. The van der Waals surface area contributed by atoms with Gasteiger partial charge in [0.15, 0.2) is 0 Å². The number of aromatic nitrogens is 2. The first-order valence-electron chi connectivity index (χ1n) is 11.7. The van der Waals surface area contributed by atoms with E-state index in [1.165, 1.54) is 15.9 Å². The summed E-state index contributed by atoms with van der Waals surface area (Å²) in [7, 11) is -1.64. The standard InChI is InChI=1S/C25H31N5O4S/c1-18(2)19-7-9-20(10-8-19)25-27-24(34-28-25)12-11-23(31)26-21-5-4-6-22(17-21)35(32,33)30-15-13-29(3)14-16-30/h4-10,17-18H,11-16H2,1-3H3,(H,26,31). The number of anilines is 1. The van der Waals surface area contributed by atoms with Crippen molar-refractivity contribution in [3.8, 4) is 11.4 Å². The Balaban J connectivity index is 1.34. The Kier molecular flexibility index (Phi) is 7.63. The van der Waals surface area contributed by atoms with Crippen LogP contribution in [0.25, 0.3) is 11.4 Å². The van der Waals surface area contributed by atoms with Gasteiger partial charge in [-0.3, -0.25) is 4.79 Å². The molecule has 1 saturated heterocycles. The van der Waals surface area contributed by atoms with Crippen molar-refractivity contribution in [1.29, 1.82) is 0 Å². The number of nitrogens with one attached hydrogen (secondary N) is 1. The van der Waals surface area contributed by atoms with Crippen LogP contribution in [0.5, 0.6) is 0 Å². The molecule has 0 saturated carbocycles. The van der Waals surface area contributed by atoms with Crippen molar-refractivity contribution in [1.82, 2.24) is 19.3 Å². The Morgan fingerprint density at radius 1 is 1.09 bits per heavy atom. The number of hydrogen-bond acceptors (Lipinski definition) is 7. The number of hydrogen-bond donors (Lipinski definition) is 1. The largest absolute Gasteiger partial charge is 0.339 e. The Hall–Kier alpha value is -3.08. The number of rotatable bonds is 8. The third kappa shape index (κ3) is 6.14. The molecule has 0 spiro atoms. The van der Waals surface area contributed by atoms with Crippen LogP contribution in [0, 0.1) is 0 Å². The highest BCUT2D eigenvalue weighted by molar-refractivity contribution is 7.89. The zero-order valence-corrected chi connectivity index (χ0v) is 21.1. The van der Waals surface area contributed by atoms with E-state index >= 15 is 0 Å². The SMILES string of the molecule is CC(C)c1ccc(-c2noc(CCC(=O)Nc3cccc(S(=O)(=O)N4CCN(C)CC4)c3)n2)cc1. The predicted molar refractivity (Wildman–Crippen MR) is 133 cm³/mol. The number of aryl methyl sites for hydroxylation is 1.